The van der Waals surface area contributed by atoms with Crippen LogP contribution in [0.5, 0.6) is 0 Å². The van der Waals surface area contributed by atoms with Gasteiger partial charge in [-0.1, -0.05) is 25.1 Å². The second-order valence-corrected chi connectivity index (χ2v) is 7.06. The average Bonchev–Trinajstić information content (AvgIpc) is 3.27. The van der Waals surface area contributed by atoms with E-state index < -0.39 is 0 Å². The van der Waals surface area contributed by atoms with Gasteiger partial charge in [0.25, 0.3) is 5.78 Å². The van der Waals surface area contributed by atoms with Gasteiger partial charge in [-0.2, -0.15) is 4.98 Å². The molecule has 0 aliphatic carbocycles. The third kappa shape index (κ3) is 4.24. The van der Waals surface area contributed by atoms with Crippen LogP contribution in [-0.2, 0) is 17.8 Å². The number of carbonyl (C=O) groups excluding carboxylic acids is 1. The highest BCUT2D eigenvalue weighted by Gasteiger charge is 2.14. The van der Waals surface area contributed by atoms with Gasteiger partial charge in [-0.15, -0.1) is 5.10 Å². The largest absolute Gasteiger partial charge is 0.467 e. The van der Waals surface area contributed by atoms with Crippen LogP contribution in [-0.4, -0.2) is 31.2 Å². The molecule has 0 aliphatic heterocycles. The molecule has 8 heteroatoms. The maximum Gasteiger partial charge on any atom is 0.253 e. The second kappa shape index (κ2) is 8.35. The van der Waals surface area contributed by atoms with Crippen LogP contribution in [0, 0.1) is 13.8 Å². The molecule has 138 valence electrons. The van der Waals surface area contributed by atoms with E-state index in [9.17, 15) is 4.79 Å². The third-order valence-corrected chi connectivity index (χ3v) is 5.02. The highest BCUT2D eigenvalue weighted by molar-refractivity contribution is 7.99. The molecule has 0 unspecified atom stereocenters. The zero-order chi connectivity index (χ0) is 18.5. The lowest BCUT2D eigenvalue weighted by molar-refractivity contribution is -0.118. The van der Waals surface area contributed by atoms with Crippen molar-refractivity contribution >= 4 is 23.4 Å². The predicted molar refractivity (Wildman–Crippen MR) is 100 cm³/mol. The van der Waals surface area contributed by atoms with E-state index in [0.717, 1.165) is 36.4 Å². The molecule has 1 N–H and O–H groups in total. The lowest BCUT2D eigenvalue weighted by Crippen LogP contribution is -2.24. The monoisotopic (exact) mass is 373 g/mol. The van der Waals surface area contributed by atoms with Crippen LogP contribution in [0.15, 0.2) is 28.0 Å². The molecule has 0 bridgehead atoms. The molecule has 0 atom stereocenters. The first-order chi connectivity index (χ1) is 12.6. The van der Waals surface area contributed by atoms with E-state index in [0.29, 0.717) is 17.5 Å². The van der Waals surface area contributed by atoms with Crippen molar-refractivity contribution < 1.29 is 9.21 Å². The Bertz CT molecular complexity index is 889. The molecule has 1 amide bonds. The number of unbranched alkanes of at least 4 members (excludes halogenated alkanes) is 1. The Morgan fingerprint density at radius 1 is 1.35 bits per heavy atom. The Balaban J connectivity index is 1.65. The van der Waals surface area contributed by atoms with E-state index in [-0.39, 0.29) is 11.7 Å². The van der Waals surface area contributed by atoms with Gasteiger partial charge in [0.2, 0.25) is 11.1 Å². The zero-order valence-electron chi connectivity index (χ0n) is 15.3. The minimum Gasteiger partial charge on any atom is -0.467 e. The lowest BCUT2D eigenvalue weighted by atomic mass is 10.1. The standard InChI is InChI=1S/C18H23N5O2S/c1-4-5-8-15-12(2)20-17-21-18(22-23(17)13(15)3)26-11-16(24)19-10-14-7-6-9-25-14/h6-7,9H,4-5,8,10-11H2,1-3H3,(H,19,24). The summed E-state index contributed by atoms with van der Waals surface area (Å²) < 4.78 is 6.97. The number of hydrogen-bond donors (Lipinski definition) is 1. The zero-order valence-corrected chi connectivity index (χ0v) is 16.1. The highest BCUT2D eigenvalue weighted by atomic mass is 32.2. The number of carbonyl (C=O) groups is 1. The maximum atomic E-state index is 12.0. The van der Waals surface area contributed by atoms with Crippen LogP contribution < -0.4 is 5.32 Å². The first-order valence-electron chi connectivity index (χ1n) is 8.73. The van der Waals surface area contributed by atoms with E-state index in [1.54, 1.807) is 16.8 Å². The number of thioether (sulfide) groups is 1. The van der Waals surface area contributed by atoms with E-state index in [4.69, 9.17) is 4.42 Å². The fraction of sp³-hybridized carbons (Fsp3) is 0.444. The Morgan fingerprint density at radius 3 is 2.92 bits per heavy atom. The number of amides is 1. The van der Waals surface area contributed by atoms with Crippen LogP contribution >= 0.6 is 11.8 Å². The summed E-state index contributed by atoms with van der Waals surface area (Å²) in [5, 5.41) is 7.88. The lowest BCUT2D eigenvalue weighted by Gasteiger charge is -2.09. The van der Waals surface area contributed by atoms with Gasteiger partial charge in [-0.25, -0.2) is 9.50 Å². The molecule has 3 rings (SSSR count). The summed E-state index contributed by atoms with van der Waals surface area (Å²) in [7, 11) is 0. The molecule has 0 aromatic carbocycles. The minimum absolute atomic E-state index is 0.0882. The van der Waals surface area contributed by atoms with E-state index in [2.05, 4.69) is 27.3 Å². The molecular formula is C18H23N5O2S. The topological polar surface area (TPSA) is 85.3 Å². The normalized spacial score (nSPS) is 11.2. The first kappa shape index (κ1) is 18.4. The molecule has 3 heterocycles. The minimum atomic E-state index is -0.0882. The third-order valence-electron chi connectivity index (χ3n) is 4.18. The fourth-order valence-corrected chi connectivity index (χ4v) is 3.39. The molecule has 0 saturated carbocycles. The number of furan rings is 1. The molecule has 0 radical (unpaired) electrons. The molecule has 0 spiro atoms. The van der Waals surface area contributed by atoms with Crippen LogP contribution in [0.3, 0.4) is 0 Å². The molecule has 3 aromatic rings. The van der Waals surface area contributed by atoms with E-state index >= 15 is 0 Å². The van der Waals surface area contributed by atoms with Crippen molar-refractivity contribution in [3.8, 4) is 0 Å². The van der Waals surface area contributed by atoms with Gasteiger partial charge >= 0.3 is 0 Å². The SMILES string of the molecule is CCCCc1c(C)nc2nc(SCC(=O)NCc3ccco3)nn2c1C. The summed E-state index contributed by atoms with van der Waals surface area (Å²) in [6.07, 6.45) is 4.85. The highest BCUT2D eigenvalue weighted by Crippen LogP contribution is 2.19. The van der Waals surface area contributed by atoms with Crippen LogP contribution in [0.25, 0.3) is 5.78 Å². The fourth-order valence-electron chi connectivity index (χ4n) is 2.75. The number of aromatic nitrogens is 4. The smallest absolute Gasteiger partial charge is 0.253 e. The number of nitrogens with one attached hydrogen (secondary N) is 1. The summed E-state index contributed by atoms with van der Waals surface area (Å²) in [6.45, 7) is 6.62. The van der Waals surface area contributed by atoms with Gasteiger partial charge in [0, 0.05) is 11.4 Å². The van der Waals surface area contributed by atoms with E-state index in [1.165, 1.54) is 17.3 Å². The second-order valence-electron chi connectivity index (χ2n) is 6.12. The Labute approximate surface area is 156 Å². The van der Waals surface area contributed by atoms with E-state index in [1.807, 2.05) is 19.9 Å². The average molecular weight is 373 g/mol. The molecule has 26 heavy (non-hydrogen) atoms. The summed E-state index contributed by atoms with van der Waals surface area (Å²) in [4.78, 5) is 21.0. The Kier molecular flexibility index (Phi) is 5.92. The number of nitrogens with zero attached hydrogens (tertiary/aromatic N) is 4. The summed E-state index contributed by atoms with van der Waals surface area (Å²) in [5.41, 5.74) is 3.31. The predicted octanol–water partition coefficient (Wildman–Crippen LogP) is 3.09. The Hall–Kier alpha value is -2.35. The van der Waals surface area contributed by atoms with Crippen molar-refractivity contribution in [2.75, 3.05) is 5.75 Å². The summed E-state index contributed by atoms with van der Waals surface area (Å²) >= 11 is 1.30. The van der Waals surface area contributed by atoms with Crippen molar-refractivity contribution in [1.82, 2.24) is 24.9 Å². The van der Waals surface area contributed by atoms with Gasteiger partial charge < -0.3 is 9.73 Å². The molecule has 7 nitrogen and oxygen atoms in total. The molecule has 0 aliphatic rings. The van der Waals surface area contributed by atoms with Gasteiger partial charge in [0.05, 0.1) is 18.6 Å². The van der Waals surface area contributed by atoms with Gasteiger partial charge in [-0.3, -0.25) is 4.79 Å². The van der Waals surface area contributed by atoms with Gasteiger partial charge in [-0.05, 0) is 44.4 Å². The number of hydrogen-bond acceptors (Lipinski definition) is 6. The van der Waals surface area contributed by atoms with Gasteiger partial charge in [0.1, 0.15) is 5.76 Å². The molecule has 0 saturated heterocycles. The maximum absolute atomic E-state index is 12.0. The molecular weight excluding hydrogens is 350 g/mol. The quantitative estimate of drug-likeness (QED) is 0.611. The number of fused-ring (bicyclic) bond motifs is 1. The summed E-state index contributed by atoms with van der Waals surface area (Å²) in [5.74, 6) is 1.47. The Morgan fingerprint density at radius 2 is 2.19 bits per heavy atom. The van der Waals surface area contributed by atoms with Gasteiger partial charge in [0.15, 0.2) is 0 Å². The van der Waals surface area contributed by atoms with Crippen LogP contribution in [0.1, 0.15) is 42.5 Å². The number of rotatable bonds is 8. The van der Waals surface area contributed by atoms with Crippen molar-refractivity contribution in [2.24, 2.45) is 0 Å². The van der Waals surface area contributed by atoms with Crippen molar-refractivity contribution in [2.45, 2.75) is 51.7 Å². The summed E-state index contributed by atoms with van der Waals surface area (Å²) in [6, 6.07) is 3.62. The number of aryl methyl sites for hydroxylation is 2. The van der Waals surface area contributed by atoms with Crippen LogP contribution in [0.4, 0.5) is 0 Å². The molecule has 3 aromatic heterocycles. The van der Waals surface area contributed by atoms with Crippen molar-refractivity contribution in [1.29, 1.82) is 0 Å². The van der Waals surface area contributed by atoms with Crippen molar-refractivity contribution in [3.63, 3.8) is 0 Å². The first-order valence-corrected chi connectivity index (χ1v) is 9.71. The van der Waals surface area contributed by atoms with Crippen LogP contribution in [0.2, 0.25) is 0 Å². The van der Waals surface area contributed by atoms with Crippen molar-refractivity contribution in [3.05, 3.63) is 41.1 Å². The molecule has 0 fully saturated rings.